The zero-order valence-corrected chi connectivity index (χ0v) is 8.41. The SMILES string of the molecule is COc1c(Cl)ccc(C(=O)C(=O)O)c1O. The van der Waals surface area contributed by atoms with Crippen molar-refractivity contribution in [3.8, 4) is 11.5 Å². The second kappa shape index (κ2) is 4.18. The van der Waals surface area contributed by atoms with E-state index in [-0.39, 0.29) is 16.3 Å². The number of carbonyl (C=O) groups is 2. The van der Waals surface area contributed by atoms with Gasteiger partial charge in [0, 0.05) is 0 Å². The first kappa shape index (κ1) is 11.3. The lowest BCUT2D eigenvalue weighted by Gasteiger charge is -2.07. The number of phenols is 1. The Morgan fingerprint density at radius 2 is 2.00 bits per heavy atom. The van der Waals surface area contributed by atoms with Gasteiger partial charge in [-0.3, -0.25) is 4.79 Å². The van der Waals surface area contributed by atoms with Crippen molar-refractivity contribution < 1.29 is 24.5 Å². The van der Waals surface area contributed by atoms with Crippen molar-refractivity contribution in [3.05, 3.63) is 22.7 Å². The minimum atomic E-state index is -1.66. The second-order valence-corrected chi connectivity index (χ2v) is 3.02. The highest BCUT2D eigenvalue weighted by atomic mass is 35.5. The Hall–Kier alpha value is -1.75. The number of halogens is 1. The van der Waals surface area contributed by atoms with Crippen LogP contribution in [0.15, 0.2) is 12.1 Å². The molecule has 0 aromatic heterocycles. The number of hydrogen-bond acceptors (Lipinski definition) is 4. The molecule has 0 aliphatic heterocycles. The number of hydrogen-bond donors (Lipinski definition) is 2. The summed E-state index contributed by atoms with van der Waals surface area (Å²) >= 11 is 5.64. The van der Waals surface area contributed by atoms with Gasteiger partial charge < -0.3 is 14.9 Å². The van der Waals surface area contributed by atoms with Crippen LogP contribution in [0.2, 0.25) is 5.02 Å². The van der Waals surface area contributed by atoms with Crippen LogP contribution < -0.4 is 4.74 Å². The van der Waals surface area contributed by atoms with Crippen LogP contribution in [0, 0.1) is 0 Å². The summed E-state index contributed by atoms with van der Waals surface area (Å²) < 4.78 is 4.72. The predicted octanol–water partition coefficient (Wildman–Crippen LogP) is 1.32. The first-order chi connectivity index (χ1) is 6.99. The molecule has 0 bridgehead atoms. The lowest BCUT2D eigenvalue weighted by atomic mass is 10.1. The van der Waals surface area contributed by atoms with Crippen molar-refractivity contribution >= 4 is 23.4 Å². The molecule has 6 heteroatoms. The molecule has 0 unspecified atom stereocenters. The highest BCUT2D eigenvalue weighted by molar-refractivity contribution is 6.41. The summed E-state index contributed by atoms with van der Waals surface area (Å²) in [5.74, 6) is -3.57. The van der Waals surface area contributed by atoms with E-state index in [1.54, 1.807) is 0 Å². The topological polar surface area (TPSA) is 83.8 Å². The van der Waals surface area contributed by atoms with Gasteiger partial charge in [0.25, 0.3) is 5.78 Å². The fourth-order valence-corrected chi connectivity index (χ4v) is 1.27. The van der Waals surface area contributed by atoms with Gasteiger partial charge in [-0.05, 0) is 12.1 Å². The van der Waals surface area contributed by atoms with Crippen molar-refractivity contribution in [3.63, 3.8) is 0 Å². The van der Waals surface area contributed by atoms with Gasteiger partial charge in [-0.25, -0.2) is 4.79 Å². The van der Waals surface area contributed by atoms with Crippen molar-refractivity contribution in [2.45, 2.75) is 0 Å². The van der Waals surface area contributed by atoms with E-state index in [1.165, 1.54) is 13.2 Å². The zero-order valence-electron chi connectivity index (χ0n) is 7.65. The van der Waals surface area contributed by atoms with Gasteiger partial charge >= 0.3 is 5.97 Å². The molecule has 0 heterocycles. The maximum atomic E-state index is 11.1. The summed E-state index contributed by atoms with van der Waals surface area (Å²) in [6.45, 7) is 0. The molecule has 0 saturated heterocycles. The summed E-state index contributed by atoms with van der Waals surface area (Å²) in [6.07, 6.45) is 0. The van der Waals surface area contributed by atoms with Crippen LogP contribution in [0.4, 0.5) is 0 Å². The van der Waals surface area contributed by atoms with Crippen LogP contribution in [0.25, 0.3) is 0 Å². The average Bonchev–Trinajstić information content (AvgIpc) is 2.17. The number of Topliss-reactive ketones (excluding diaryl/α,β-unsaturated/α-hetero) is 1. The fourth-order valence-electron chi connectivity index (χ4n) is 1.04. The van der Waals surface area contributed by atoms with Gasteiger partial charge in [0.1, 0.15) is 0 Å². The molecule has 0 atom stereocenters. The van der Waals surface area contributed by atoms with E-state index < -0.39 is 17.5 Å². The first-order valence-electron chi connectivity index (χ1n) is 3.82. The number of methoxy groups -OCH3 is 1. The van der Waals surface area contributed by atoms with Crippen molar-refractivity contribution in [2.24, 2.45) is 0 Å². The first-order valence-corrected chi connectivity index (χ1v) is 4.20. The number of carboxylic acids is 1. The molecule has 1 aromatic rings. The van der Waals surface area contributed by atoms with Gasteiger partial charge in [0.15, 0.2) is 11.5 Å². The third-order valence-electron chi connectivity index (χ3n) is 1.73. The Morgan fingerprint density at radius 3 is 2.47 bits per heavy atom. The summed E-state index contributed by atoms with van der Waals surface area (Å²) in [5, 5.41) is 18.0. The Balaban J connectivity index is 3.34. The van der Waals surface area contributed by atoms with Gasteiger partial charge in [-0.2, -0.15) is 0 Å². The lowest BCUT2D eigenvalue weighted by molar-refractivity contribution is -0.131. The molecule has 0 aliphatic rings. The van der Waals surface area contributed by atoms with E-state index in [2.05, 4.69) is 0 Å². The van der Waals surface area contributed by atoms with E-state index in [1.807, 2.05) is 0 Å². The quantitative estimate of drug-likeness (QED) is 0.604. The Morgan fingerprint density at radius 1 is 1.40 bits per heavy atom. The van der Waals surface area contributed by atoms with Crippen LogP contribution in [-0.4, -0.2) is 29.1 Å². The van der Waals surface area contributed by atoms with E-state index in [9.17, 15) is 14.7 Å². The maximum Gasteiger partial charge on any atom is 0.377 e. The van der Waals surface area contributed by atoms with Crippen molar-refractivity contribution in [1.29, 1.82) is 0 Å². The Labute approximate surface area is 89.9 Å². The summed E-state index contributed by atoms with van der Waals surface area (Å²) in [6, 6.07) is 2.40. The normalized spacial score (nSPS) is 9.73. The number of carbonyl (C=O) groups excluding carboxylic acids is 1. The van der Waals surface area contributed by atoms with Crippen LogP contribution in [0.3, 0.4) is 0 Å². The molecule has 0 radical (unpaired) electrons. The molecule has 0 fully saturated rings. The van der Waals surface area contributed by atoms with Crippen molar-refractivity contribution in [1.82, 2.24) is 0 Å². The van der Waals surface area contributed by atoms with Crippen LogP contribution in [0.5, 0.6) is 11.5 Å². The summed E-state index contributed by atoms with van der Waals surface area (Å²) in [5.41, 5.74) is -0.358. The van der Waals surface area contributed by atoms with Gasteiger partial charge in [0.2, 0.25) is 0 Å². The number of carboxylic acid groups (broad SMARTS) is 1. The molecular formula is C9H7ClO5. The average molecular weight is 231 g/mol. The van der Waals surface area contributed by atoms with E-state index in [4.69, 9.17) is 21.4 Å². The Bertz CT molecular complexity index is 427. The molecule has 0 amide bonds. The van der Waals surface area contributed by atoms with Gasteiger partial charge in [-0.1, -0.05) is 11.6 Å². The number of aliphatic carboxylic acids is 1. The smallest absolute Gasteiger partial charge is 0.377 e. The number of benzene rings is 1. The van der Waals surface area contributed by atoms with E-state index in [0.717, 1.165) is 6.07 Å². The van der Waals surface area contributed by atoms with E-state index >= 15 is 0 Å². The summed E-state index contributed by atoms with van der Waals surface area (Å²) in [7, 11) is 1.25. The molecule has 2 N–H and O–H groups in total. The standard InChI is InChI=1S/C9H7ClO5/c1-15-8-5(10)3-2-4(6(8)11)7(12)9(13)14/h2-3,11H,1H3,(H,13,14). The monoisotopic (exact) mass is 230 g/mol. The molecule has 5 nitrogen and oxygen atoms in total. The number of phenolic OH excluding ortho intramolecular Hbond substituents is 1. The fraction of sp³-hybridized carbons (Fsp3) is 0.111. The van der Waals surface area contributed by atoms with Crippen molar-refractivity contribution in [2.75, 3.05) is 7.11 Å². The molecule has 80 valence electrons. The highest BCUT2D eigenvalue weighted by Crippen LogP contribution is 2.36. The van der Waals surface area contributed by atoms with Gasteiger partial charge in [-0.15, -0.1) is 0 Å². The highest BCUT2D eigenvalue weighted by Gasteiger charge is 2.22. The number of ketones is 1. The third kappa shape index (κ3) is 2.02. The molecule has 1 rings (SSSR count). The van der Waals surface area contributed by atoms with Crippen LogP contribution in [-0.2, 0) is 4.79 Å². The predicted molar refractivity (Wildman–Crippen MR) is 51.6 cm³/mol. The van der Waals surface area contributed by atoms with Crippen LogP contribution >= 0.6 is 11.6 Å². The molecule has 0 aliphatic carbocycles. The third-order valence-corrected chi connectivity index (χ3v) is 2.02. The summed E-state index contributed by atoms with van der Waals surface area (Å²) in [4.78, 5) is 21.5. The number of ether oxygens (including phenoxy) is 1. The van der Waals surface area contributed by atoms with Gasteiger partial charge in [0.05, 0.1) is 17.7 Å². The lowest BCUT2D eigenvalue weighted by Crippen LogP contribution is -2.13. The number of rotatable bonds is 3. The molecular weight excluding hydrogens is 224 g/mol. The minimum Gasteiger partial charge on any atom is -0.504 e. The molecule has 0 saturated carbocycles. The van der Waals surface area contributed by atoms with Crippen LogP contribution in [0.1, 0.15) is 10.4 Å². The number of aromatic hydroxyl groups is 1. The molecule has 1 aromatic carbocycles. The Kier molecular flexibility index (Phi) is 3.16. The molecule has 15 heavy (non-hydrogen) atoms. The largest absolute Gasteiger partial charge is 0.504 e. The maximum absolute atomic E-state index is 11.1. The second-order valence-electron chi connectivity index (χ2n) is 2.61. The minimum absolute atomic E-state index is 0.0944. The molecule has 0 spiro atoms. The zero-order chi connectivity index (χ0) is 11.6. The van der Waals surface area contributed by atoms with E-state index in [0.29, 0.717) is 0 Å².